The highest BCUT2D eigenvalue weighted by Crippen LogP contribution is 2.23. The topological polar surface area (TPSA) is 49.8 Å². The summed E-state index contributed by atoms with van der Waals surface area (Å²) in [6, 6.07) is 8.28. The Kier molecular flexibility index (Phi) is 4.84. The lowest BCUT2D eigenvalue weighted by Crippen LogP contribution is -2.04. The Morgan fingerprint density at radius 1 is 1.10 bits per heavy atom. The summed E-state index contributed by atoms with van der Waals surface area (Å²) in [6.45, 7) is 7.07. The van der Waals surface area contributed by atoms with Crippen molar-refractivity contribution >= 4 is 29.1 Å². The minimum Gasteiger partial charge on any atom is -0.370 e. The normalized spacial score (nSPS) is 10.4. The Morgan fingerprint density at radius 2 is 1.85 bits per heavy atom. The zero-order chi connectivity index (χ0) is 14.5. The van der Waals surface area contributed by atoms with Gasteiger partial charge in [0.25, 0.3) is 0 Å². The van der Waals surface area contributed by atoms with Crippen LogP contribution in [0, 0.1) is 13.8 Å². The van der Waals surface area contributed by atoms with Crippen molar-refractivity contribution < 1.29 is 0 Å². The standard InChI is InChI=1S/C15H20N4S/c1-5-16-13-9-14(19-15(18-13)20-4)17-12-8-10(2)6-7-11(12)3/h6-9H,5H2,1-4H3,(H2,16,17,18,19). The summed E-state index contributed by atoms with van der Waals surface area (Å²) < 4.78 is 0. The van der Waals surface area contributed by atoms with E-state index in [0.29, 0.717) is 0 Å². The molecule has 0 radical (unpaired) electrons. The SMILES string of the molecule is CCNc1cc(Nc2cc(C)ccc2C)nc(SC)n1. The zero-order valence-corrected chi connectivity index (χ0v) is 13.1. The summed E-state index contributed by atoms with van der Waals surface area (Å²) in [5.41, 5.74) is 3.51. The van der Waals surface area contributed by atoms with Gasteiger partial charge < -0.3 is 10.6 Å². The molecule has 106 valence electrons. The van der Waals surface area contributed by atoms with Crippen molar-refractivity contribution in [1.29, 1.82) is 0 Å². The van der Waals surface area contributed by atoms with Gasteiger partial charge in [-0.3, -0.25) is 0 Å². The van der Waals surface area contributed by atoms with Crippen LogP contribution in [0.25, 0.3) is 0 Å². The van der Waals surface area contributed by atoms with E-state index in [1.54, 1.807) is 0 Å². The molecule has 1 aromatic heterocycles. The molecule has 2 N–H and O–H groups in total. The number of nitrogens with zero attached hydrogens (tertiary/aromatic N) is 2. The second-order valence-corrected chi connectivity index (χ2v) is 5.37. The molecular formula is C15H20N4S. The molecule has 5 heteroatoms. The molecule has 0 unspecified atom stereocenters. The van der Waals surface area contributed by atoms with Crippen LogP contribution in [0.3, 0.4) is 0 Å². The first-order valence-corrected chi connectivity index (χ1v) is 7.86. The van der Waals surface area contributed by atoms with E-state index >= 15 is 0 Å². The molecular weight excluding hydrogens is 268 g/mol. The zero-order valence-electron chi connectivity index (χ0n) is 12.3. The third-order valence-electron chi connectivity index (χ3n) is 2.90. The molecule has 0 fully saturated rings. The summed E-state index contributed by atoms with van der Waals surface area (Å²) >= 11 is 1.54. The van der Waals surface area contributed by atoms with Gasteiger partial charge in [0, 0.05) is 18.3 Å². The summed E-state index contributed by atoms with van der Waals surface area (Å²) in [5, 5.41) is 7.37. The molecule has 0 saturated carbocycles. The number of hydrogen-bond donors (Lipinski definition) is 2. The molecule has 0 aliphatic rings. The Hall–Kier alpha value is -1.75. The van der Waals surface area contributed by atoms with Crippen molar-refractivity contribution in [2.24, 2.45) is 0 Å². The van der Waals surface area contributed by atoms with Gasteiger partial charge in [-0.25, -0.2) is 9.97 Å². The van der Waals surface area contributed by atoms with Gasteiger partial charge in [-0.2, -0.15) is 0 Å². The average Bonchev–Trinajstić information content (AvgIpc) is 2.43. The van der Waals surface area contributed by atoms with Crippen molar-refractivity contribution in [3.8, 4) is 0 Å². The van der Waals surface area contributed by atoms with E-state index in [1.807, 2.05) is 12.3 Å². The predicted octanol–water partition coefficient (Wildman–Crippen LogP) is 3.99. The molecule has 2 rings (SSSR count). The van der Waals surface area contributed by atoms with Crippen LogP contribution in [0.1, 0.15) is 18.1 Å². The quantitative estimate of drug-likeness (QED) is 0.643. The summed E-state index contributed by atoms with van der Waals surface area (Å²) in [5.74, 6) is 1.66. The number of thioether (sulfide) groups is 1. The van der Waals surface area contributed by atoms with Crippen LogP contribution >= 0.6 is 11.8 Å². The molecule has 2 aromatic rings. The largest absolute Gasteiger partial charge is 0.370 e. The second-order valence-electron chi connectivity index (χ2n) is 4.60. The van der Waals surface area contributed by atoms with Crippen LogP contribution in [0.4, 0.5) is 17.3 Å². The predicted molar refractivity (Wildman–Crippen MR) is 87.2 cm³/mol. The minimum absolute atomic E-state index is 0.760. The van der Waals surface area contributed by atoms with Gasteiger partial charge in [-0.05, 0) is 44.2 Å². The second kappa shape index (κ2) is 6.61. The summed E-state index contributed by atoms with van der Waals surface area (Å²) in [7, 11) is 0. The van der Waals surface area contributed by atoms with E-state index in [0.717, 1.165) is 29.0 Å². The van der Waals surface area contributed by atoms with Gasteiger partial charge in [0.2, 0.25) is 0 Å². The lowest BCUT2D eigenvalue weighted by molar-refractivity contribution is 0.966. The molecule has 0 bridgehead atoms. The van der Waals surface area contributed by atoms with Crippen molar-refractivity contribution in [3.63, 3.8) is 0 Å². The van der Waals surface area contributed by atoms with Crippen LogP contribution < -0.4 is 10.6 Å². The van der Waals surface area contributed by atoms with Crippen molar-refractivity contribution in [2.75, 3.05) is 23.4 Å². The van der Waals surface area contributed by atoms with E-state index in [2.05, 4.69) is 59.6 Å². The molecule has 0 aliphatic heterocycles. The lowest BCUT2D eigenvalue weighted by Gasteiger charge is -2.12. The number of rotatable bonds is 5. The fourth-order valence-electron chi connectivity index (χ4n) is 1.86. The average molecular weight is 288 g/mol. The number of aryl methyl sites for hydroxylation is 2. The summed E-state index contributed by atoms with van der Waals surface area (Å²) in [6.07, 6.45) is 1.98. The van der Waals surface area contributed by atoms with E-state index in [9.17, 15) is 0 Å². The first-order chi connectivity index (χ1) is 9.62. The first-order valence-electron chi connectivity index (χ1n) is 6.63. The first kappa shape index (κ1) is 14.7. The van der Waals surface area contributed by atoms with Crippen molar-refractivity contribution in [3.05, 3.63) is 35.4 Å². The highest BCUT2D eigenvalue weighted by Gasteiger charge is 2.05. The minimum atomic E-state index is 0.760. The number of benzene rings is 1. The third-order valence-corrected chi connectivity index (χ3v) is 3.45. The Balaban J connectivity index is 2.32. The third kappa shape index (κ3) is 3.63. The van der Waals surface area contributed by atoms with Gasteiger partial charge in [0.05, 0.1) is 0 Å². The molecule has 20 heavy (non-hydrogen) atoms. The Labute approximate surface area is 124 Å². The molecule has 0 spiro atoms. The Bertz CT molecular complexity index is 598. The monoisotopic (exact) mass is 288 g/mol. The maximum Gasteiger partial charge on any atom is 0.191 e. The van der Waals surface area contributed by atoms with E-state index in [1.165, 1.54) is 22.9 Å². The van der Waals surface area contributed by atoms with Crippen LogP contribution in [0.2, 0.25) is 0 Å². The maximum absolute atomic E-state index is 4.50. The number of hydrogen-bond acceptors (Lipinski definition) is 5. The maximum atomic E-state index is 4.50. The fraction of sp³-hybridized carbons (Fsp3) is 0.333. The Morgan fingerprint density at radius 3 is 2.55 bits per heavy atom. The number of nitrogens with one attached hydrogen (secondary N) is 2. The van der Waals surface area contributed by atoms with E-state index in [-0.39, 0.29) is 0 Å². The molecule has 1 aromatic carbocycles. The number of aromatic nitrogens is 2. The van der Waals surface area contributed by atoms with Crippen molar-refractivity contribution in [2.45, 2.75) is 25.9 Å². The molecule has 1 heterocycles. The van der Waals surface area contributed by atoms with E-state index < -0.39 is 0 Å². The van der Waals surface area contributed by atoms with Crippen LogP contribution in [0.5, 0.6) is 0 Å². The van der Waals surface area contributed by atoms with Crippen molar-refractivity contribution in [1.82, 2.24) is 9.97 Å². The number of anilines is 3. The fourth-order valence-corrected chi connectivity index (χ4v) is 2.24. The van der Waals surface area contributed by atoms with Crippen LogP contribution in [-0.4, -0.2) is 22.8 Å². The molecule has 4 nitrogen and oxygen atoms in total. The molecule has 0 aliphatic carbocycles. The molecule has 0 saturated heterocycles. The molecule has 0 atom stereocenters. The van der Waals surface area contributed by atoms with Gasteiger partial charge in [-0.1, -0.05) is 23.9 Å². The highest BCUT2D eigenvalue weighted by atomic mass is 32.2. The molecule has 0 amide bonds. The van der Waals surface area contributed by atoms with Gasteiger partial charge in [-0.15, -0.1) is 0 Å². The van der Waals surface area contributed by atoms with Gasteiger partial charge in [0.15, 0.2) is 5.16 Å². The lowest BCUT2D eigenvalue weighted by atomic mass is 10.1. The van der Waals surface area contributed by atoms with Gasteiger partial charge >= 0.3 is 0 Å². The van der Waals surface area contributed by atoms with Gasteiger partial charge in [0.1, 0.15) is 11.6 Å². The van der Waals surface area contributed by atoms with Crippen LogP contribution in [0.15, 0.2) is 29.4 Å². The van der Waals surface area contributed by atoms with Crippen LogP contribution in [-0.2, 0) is 0 Å². The summed E-state index contributed by atoms with van der Waals surface area (Å²) in [4.78, 5) is 8.92. The smallest absolute Gasteiger partial charge is 0.191 e. The van der Waals surface area contributed by atoms with E-state index in [4.69, 9.17) is 0 Å². The highest BCUT2D eigenvalue weighted by molar-refractivity contribution is 7.98.